The van der Waals surface area contributed by atoms with E-state index in [1.165, 1.54) is 25.2 Å². The molecule has 1 heterocycles. The van der Waals surface area contributed by atoms with Crippen molar-refractivity contribution in [3.63, 3.8) is 0 Å². The zero-order valence-electron chi connectivity index (χ0n) is 9.33. The van der Waals surface area contributed by atoms with E-state index in [2.05, 4.69) is 29.1 Å². The van der Waals surface area contributed by atoms with E-state index in [1.807, 2.05) is 0 Å². The molecule has 15 heavy (non-hydrogen) atoms. The van der Waals surface area contributed by atoms with Crippen molar-refractivity contribution in [2.45, 2.75) is 33.1 Å². The second kappa shape index (κ2) is 6.32. The Morgan fingerprint density at radius 3 is 2.80 bits per heavy atom. The number of nitrogens with zero attached hydrogens (tertiary/aromatic N) is 2. The number of aromatic nitrogens is 2. The van der Waals surface area contributed by atoms with Crippen molar-refractivity contribution >= 4 is 5.82 Å². The molecule has 0 spiro atoms. The van der Waals surface area contributed by atoms with Crippen molar-refractivity contribution in [3.05, 3.63) is 18.3 Å². The summed E-state index contributed by atoms with van der Waals surface area (Å²) in [5, 5.41) is 3.07. The highest BCUT2D eigenvalue weighted by atomic mass is 19.1. The maximum absolute atomic E-state index is 12.7. The van der Waals surface area contributed by atoms with Gasteiger partial charge in [-0.1, -0.05) is 26.7 Å². The summed E-state index contributed by atoms with van der Waals surface area (Å²) < 4.78 is 12.7. The van der Waals surface area contributed by atoms with Crippen LogP contribution in [0.2, 0.25) is 0 Å². The number of rotatable bonds is 6. The Balaban J connectivity index is 2.15. The molecule has 0 radical (unpaired) electrons. The molecular formula is C11H18FN3. The standard InChI is InChI=1S/C11H18FN3/c1-9(2)5-3-4-6-13-11-7-10(12)14-8-15-11/h7-9H,3-6H2,1-2H3,(H,13,14,15). The van der Waals surface area contributed by atoms with Gasteiger partial charge >= 0.3 is 0 Å². The Morgan fingerprint density at radius 1 is 1.33 bits per heavy atom. The smallest absolute Gasteiger partial charge is 0.217 e. The predicted molar refractivity (Wildman–Crippen MR) is 59.2 cm³/mol. The Bertz CT molecular complexity index is 289. The first kappa shape index (κ1) is 11.9. The summed E-state index contributed by atoms with van der Waals surface area (Å²) in [5.74, 6) is 0.822. The molecule has 0 bridgehead atoms. The molecule has 1 aromatic heterocycles. The van der Waals surface area contributed by atoms with Gasteiger partial charge in [0.15, 0.2) is 0 Å². The highest BCUT2D eigenvalue weighted by molar-refractivity contribution is 5.31. The van der Waals surface area contributed by atoms with Crippen LogP contribution in [0, 0.1) is 11.9 Å². The minimum absolute atomic E-state index is 0.491. The number of anilines is 1. The van der Waals surface area contributed by atoms with Gasteiger partial charge < -0.3 is 5.32 Å². The molecule has 0 saturated heterocycles. The third kappa shape index (κ3) is 5.30. The lowest BCUT2D eigenvalue weighted by atomic mass is 10.1. The van der Waals surface area contributed by atoms with Crippen LogP contribution in [-0.2, 0) is 0 Å². The zero-order chi connectivity index (χ0) is 11.1. The molecule has 84 valence electrons. The third-order valence-corrected chi connectivity index (χ3v) is 2.15. The minimum atomic E-state index is -0.491. The van der Waals surface area contributed by atoms with Crippen LogP contribution >= 0.6 is 0 Å². The molecule has 0 aliphatic carbocycles. The Labute approximate surface area is 90.1 Å². The van der Waals surface area contributed by atoms with E-state index in [0.717, 1.165) is 18.9 Å². The van der Waals surface area contributed by atoms with Gasteiger partial charge in [-0.3, -0.25) is 0 Å². The summed E-state index contributed by atoms with van der Waals surface area (Å²) in [6.07, 6.45) is 4.74. The first-order valence-corrected chi connectivity index (χ1v) is 5.40. The van der Waals surface area contributed by atoms with Gasteiger partial charge in [-0.2, -0.15) is 4.39 Å². The summed E-state index contributed by atoms with van der Waals surface area (Å²) in [5.41, 5.74) is 0. The van der Waals surface area contributed by atoms with Crippen molar-refractivity contribution in [1.82, 2.24) is 9.97 Å². The number of nitrogens with one attached hydrogen (secondary N) is 1. The third-order valence-electron chi connectivity index (χ3n) is 2.15. The number of unbranched alkanes of at least 4 members (excludes halogenated alkanes) is 1. The van der Waals surface area contributed by atoms with Crippen molar-refractivity contribution in [3.8, 4) is 0 Å². The summed E-state index contributed by atoms with van der Waals surface area (Å²) in [6, 6.07) is 1.31. The molecule has 0 saturated carbocycles. The fourth-order valence-electron chi connectivity index (χ4n) is 1.32. The number of halogens is 1. The average molecular weight is 211 g/mol. The van der Waals surface area contributed by atoms with E-state index in [9.17, 15) is 4.39 Å². The summed E-state index contributed by atoms with van der Waals surface area (Å²) in [7, 11) is 0. The molecule has 1 N–H and O–H groups in total. The van der Waals surface area contributed by atoms with E-state index in [0.29, 0.717) is 5.82 Å². The molecule has 1 rings (SSSR count). The molecule has 0 fully saturated rings. The van der Waals surface area contributed by atoms with Crippen LogP contribution < -0.4 is 5.32 Å². The van der Waals surface area contributed by atoms with E-state index >= 15 is 0 Å². The van der Waals surface area contributed by atoms with Gasteiger partial charge in [-0.25, -0.2) is 9.97 Å². The second-order valence-corrected chi connectivity index (χ2v) is 4.04. The zero-order valence-corrected chi connectivity index (χ0v) is 9.33. The molecule has 0 amide bonds. The lowest BCUT2D eigenvalue weighted by Crippen LogP contribution is -2.04. The minimum Gasteiger partial charge on any atom is -0.370 e. The van der Waals surface area contributed by atoms with Gasteiger partial charge in [0.2, 0.25) is 5.95 Å². The quantitative estimate of drug-likeness (QED) is 0.580. The Hall–Kier alpha value is -1.19. The van der Waals surface area contributed by atoms with Crippen LogP contribution in [0.1, 0.15) is 33.1 Å². The van der Waals surface area contributed by atoms with Gasteiger partial charge in [0.05, 0.1) is 0 Å². The van der Waals surface area contributed by atoms with Crippen LogP contribution in [0.25, 0.3) is 0 Å². The van der Waals surface area contributed by atoms with Crippen LogP contribution in [0.3, 0.4) is 0 Å². The van der Waals surface area contributed by atoms with Crippen molar-refractivity contribution in [1.29, 1.82) is 0 Å². The highest BCUT2D eigenvalue weighted by Gasteiger charge is 1.97. The van der Waals surface area contributed by atoms with Crippen molar-refractivity contribution < 1.29 is 4.39 Å². The largest absolute Gasteiger partial charge is 0.370 e. The topological polar surface area (TPSA) is 37.8 Å². The van der Waals surface area contributed by atoms with Crippen LogP contribution in [-0.4, -0.2) is 16.5 Å². The normalized spacial score (nSPS) is 10.7. The molecule has 0 aliphatic heterocycles. The summed E-state index contributed by atoms with van der Waals surface area (Å²) >= 11 is 0. The van der Waals surface area contributed by atoms with Crippen molar-refractivity contribution in [2.75, 3.05) is 11.9 Å². The van der Waals surface area contributed by atoms with Gasteiger partial charge in [0.25, 0.3) is 0 Å². The molecule has 0 aliphatic rings. The van der Waals surface area contributed by atoms with E-state index in [1.54, 1.807) is 0 Å². The van der Waals surface area contributed by atoms with Gasteiger partial charge in [0.1, 0.15) is 12.1 Å². The molecule has 0 unspecified atom stereocenters. The first-order valence-electron chi connectivity index (χ1n) is 5.40. The molecule has 0 atom stereocenters. The Kier molecular flexibility index (Phi) is 5.01. The average Bonchev–Trinajstić information content (AvgIpc) is 2.17. The Morgan fingerprint density at radius 2 is 2.13 bits per heavy atom. The number of hydrogen-bond donors (Lipinski definition) is 1. The van der Waals surface area contributed by atoms with E-state index in [-0.39, 0.29) is 0 Å². The van der Waals surface area contributed by atoms with Crippen LogP contribution in [0.15, 0.2) is 12.4 Å². The molecule has 0 aromatic carbocycles. The lowest BCUT2D eigenvalue weighted by Gasteiger charge is -2.06. The van der Waals surface area contributed by atoms with Gasteiger partial charge in [0, 0.05) is 12.6 Å². The molecule has 3 nitrogen and oxygen atoms in total. The van der Waals surface area contributed by atoms with E-state index < -0.39 is 5.95 Å². The SMILES string of the molecule is CC(C)CCCCNc1cc(F)ncn1. The predicted octanol–water partition coefficient (Wildman–Crippen LogP) is 2.85. The molecule has 4 heteroatoms. The maximum Gasteiger partial charge on any atom is 0.217 e. The monoisotopic (exact) mass is 211 g/mol. The summed E-state index contributed by atoms with van der Waals surface area (Å²) in [4.78, 5) is 7.30. The highest BCUT2D eigenvalue weighted by Crippen LogP contribution is 2.07. The molecule has 1 aromatic rings. The van der Waals surface area contributed by atoms with Crippen LogP contribution in [0.5, 0.6) is 0 Å². The fraction of sp³-hybridized carbons (Fsp3) is 0.636. The molecular weight excluding hydrogens is 193 g/mol. The van der Waals surface area contributed by atoms with Gasteiger partial charge in [-0.05, 0) is 12.3 Å². The maximum atomic E-state index is 12.7. The fourth-order valence-corrected chi connectivity index (χ4v) is 1.32. The second-order valence-electron chi connectivity index (χ2n) is 4.04. The van der Waals surface area contributed by atoms with Crippen molar-refractivity contribution in [2.24, 2.45) is 5.92 Å². The first-order chi connectivity index (χ1) is 7.18. The lowest BCUT2D eigenvalue weighted by molar-refractivity contribution is 0.544. The summed E-state index contributed by atoms with van der Waals surface area (Å²) in [6.45, 7) is 5.27. The number of hydrogen-bond acceptors (Lipinski definition) is 3. The van der Waals surface area contributed by atoms with Crippen LogP contribution in [0.4, 0.5) is 10.2 Å². The van der Waals surface area contributed by atoms with E-state index in [4.69, 9.17) is 0 Å². The van der Waals surface area contributed by atoms with Gasteiger partial charge in [-0.15, -0.1) is 0 Å².